The number of esters is 1. The minimum absolute atomic E-state index is 0.0645. The van der Waals surface area contributed by atoms with Gasteiger partial charge in [0.15, 0.2) is 11.8 Å². The smallest absolute Gasteiger partial charge is 0.356 e. The highest BCUT2D eigenvalue weighted by Crippen LogP contribution is 2.48. The van der Waals surface area contributed by atoms with E-state index in [1.54, 1.807) is 7.05 Å². The fourth-order valence-electron chi connectivity index (χ4n) is 5.08. The first kappa shape index (κ1) is 32.3. The van der Waals surface area contributed by atoms with Gasteiger partial charge >= 0.3 is 5.97 Å². The van der Waals surface area contributed by atoms with Crippen LogP contribution >= 0.6 is 35.1 Å². The fourth-order valence-corrected chi connectivity index (χ4v) is 7.94. The van der Waals surface area contributed by atoms with E-state index in [0.717, 1.165) is 22.7 Å². The molecule has 2 atom stereocenters. The molecule has 2 aliphatic rings. The molecule has 2 unspecified atom stereocenters. The van der Waals surface area contributed by atoms with Crippen LogP contribution in [0, 0.1) is 0 Å². The van der Waals surface area contributed by atoms with Crippen LogP contribution in [-0.2, 0) is 35.7 Å². The molecule has 18 heteroatoms. The van der Waals surface area contributed by atoms with Gasteiger partial charge in [0.25, 0.3) is 17.5 Å². The van der Waals surface area contributed by atoms with E-state index >= 15 is 0 Å². The minimum atomic E-state index is -1.82. The number of methoxy groups -OCH3 is 1. The molecule has 2 aliphatic heterocycles. The average molecular weight is 694 g/mol. The van der Waals surface area contributed by atoms with Crippen molar-refractivity contribution >= 4 is 58.6 Å². The number of aryl methyl sites for hydroxylation is 1. The van der Waals surface area contributed by atoms with Crippen LogP contribution in [0.15, 0.2) is 87.6 Å². The molecule has 2 amide bonds. The SMILES string of the molecule is CO/N=C(/C(=O)NC1(OC)C(=O)N2C(C(=O)OC(c3ccccc3)c3ccccc3)=C(CSc3nnnn3C)CSC21)c1csnn1. The summed E-state index contributed by atoms with van der Waals surface area (Å²) in [5.74, 6) is -1.54. The van der Waals surface area contributed by atoms with Gasteiger partial charge in [-0.25, -0.2) is 9.48 Å². The molecule has 2 aromatic heterocycles. The maximum atomic E-state index is 14.3. The molecule has 4 heterocycles. The number of hydrogen-bond donors (Lipinski definition) is 1. The molecule has 0 radical (unpaired) electrons. The number of amides is 2. The van der Waals surface area contributed by atoms with Crippen molar-refractivity contribution in [3.63, 3.8) is 0 Å². The number of hydrogen-bond acceptors (Lipinski definition) is 15. The van der Waals surface area contributed by atoms with Crippen molar-refractivity contribution < 1.29 is 28.7 Å². The van der Waals surface area contributed by atoms with Crippen LogP contribution in [0.2, 0.25) is 0 Å². The molecular weight excluding hydrogens is 667 g/mol. The number of oxime groups is 1. The lowest BCUT2D eigenvalue weighted by Crippen LogP contribution is -2.81. The molecule has 0 bridgehead atoms. The van der Waals surface area contributed by atoms with E-state index in [4.69, 9.17) is 14.3 Å². The Morgan fingerprint density at radius 3 is 2.38 bits per heavy atom. The van der Waals surface area contributed by atoms with E-state index in [1.165, 1.54) is 52.7 Å². The Morgan fingerprint density at radius 2 is 1.81 bits per heavy atom. The summed E-state index contributed by atoms with van der Waals surface area (Å²) in [6.45, 7) is 0. The Kier molecular flexibility index (Phi) is 9.62. The predicted molar refractivity (Wildman–Crippen MR) is 172 cm³/mol. The predicted octanol–water partition coefficient (Wildman–Crippen LogP) is 2.17. The number of carbonyl (C=O) groups excluding carboxylic acids is 3. The highest BCUT2D eigenvalue weighted by molar-refractivity contribution is 8.01. The topological polar surface area (TPSA) is 176 Å². The zero-order chi connectivity index (χ0) is 33.0. The summed E-state index contributed by atoms with van der Waals surface area (Å²) >= 11 is 3.66. The Balaban J connectivity index is 1.34. The number of aromatic nitrogens is 6. The number of tetrazole rings is 1. The van der Waals surface area contributed by atoms with Gasteiger partial charge in [-0.2, -0.15) is 0 Å². The van der Waals surface area contributed by atoms with Crippen molar-refractivity contribution in [3.05, 3.63) is 94.1 Å². The third-order valence-corrected chi connectivity index (χ3v) is 10.3. The summed E-state index contributed by atoms with van der Waals surface area (Å²) in [7, 11) is 4.30. The standard InChI is InChI=1S/C29H27N9O6S3/c1-37-28(32-34-35-37)46-15-19-14-45-27-29(42-2,30-24(39)21(33-43-3)20-16-47-36-31-20)26(41)38(27)22(19)25(40)44-23(17-10-6-4-7-11-17)18-12-8-5-9-13-18/h4-13,16,23,27H,14-15H2,1-3H3,(H,30,39)/b33-21+. The first-order valence-corrected chi connectivity index (χ1v) is 16.8. The van der Waals surface area contributed by atoms with Gasteiger partial charge in [0.05, 0.1) is 0 Å². The van der Waals surface area contributed by atoms with Gasteiger partial charge in [-0.15, -0.1) is 22.0 Å². The van der Waals surface area contributed by atoms with Crippen LogP contribution in [0.4, 0.5) is 0 Å². The lowest BCUT2D eigenvalue weighted by Gasteiger charge is -2.56. The Labute approximate surface area is 280 Å². The number of benzene rings is 2. The monoisotopic (exact) mass is 693 g/mol. The molecule has 0 saturated carbocycles. The number of rotatable bonds is 12. The number of carbonyl (C=O) groups is 3. The van der Waals surface area contributed by atoms with Gasteiger partial charge in [-0.3, -0.25) is 14.5 Å². The van der Waals surface area contributed by atoms with Crippen molar-refractivity contribution in [1.82, 2.24) is 40.0 Å². The molecule has 1 saturated heterocycles. The molecule has 1 fully saturated rings. The molecular formula is C29H27N9O6S3. The molecule has 1 N–H and O–H groups in total. The van der Waals surface area contributed by atoms with Gasteiger partial charge in [-0.05, 0) is 38.7 Å². The molecule has 2 aromatic carbocycles. The van der Waals surface area contributed by atoms with Crippen molar-refractivity contribution in [1.29, 1.82) is 0 Å². The minimum Gasteiger partial charge on any atom is -0.448 e. The second kappa shape index (κ2) is 14.0. The van der Waals surface area contributed by atoms with Gasteiger partial charge in [0, 0.05) is 31.0 Å². The van der Waals surface area contributed by atoms with Crippen molar-refractivity contribution in [2.75, 3.05) is 25.7 Å². The van der Waals surface area contributed by atoms with Crippen molar-refractivity contribution in [2.45, 2.75) is 22.4 Å². The zero-order valence-corrected chi connectivity index (χ0v) is 27.6. The van der Waals surface area contributed by atoms with E-state index in [2.05, 4.69) is 35.6 Å². The maximum Gasteiger partial charge on any atom is 0.356 e. The molecule has 15 nitrogen and oxygen atoms in total. The third kappa shape index (κ3) is 6.23. The van der Waals surface area contributed by atoms with Crippen LogP contribution in [0.5, 0.6) is 0 Å². The summed E-state index contributed by atoms with van der Waals surface area (Å²) < 4.78 is 17.2. The van der Waals surface area contributed by atoms with E-state index in [9.17, 15) is 14.4 Å². The van der Waals surface area contributed by atoms with Gasteiger partial charge in [-0.1, -0.05) is 82.1 Å². The normalized spacial score (nSPS) is 19.3. The van der Waals surface area contributed by atoms with Crippen molar-refractivity contribution in [3.8, 4) is 0 Å². The number of nitrogens with one attached hydrogen (secondary N) is 1. The highest BCUT2D eigenvalue weighted by atomic mass is 32.2. The van der Waals surface area contributed by atoms with E-state index in [1.807, 2.05) is 60.7 Å². The number of β-lactam (4-membered cyclic amide) rings is 1. The second-order valence-corrected chi connectivity index (χ2v) is 12.7. The number of thioether (sulfide) groups is 2. The fraction of sp³-hybridized carbons (Fsp3) is 0.276. The van der Waals surface area contributed by atoms with Crippen molar-refractivity contribution in [2.24, 2.45) is 12.2 Å². The van der Waals surface area contributed by atoms with E-state index in [0.29, 0.717) is 16.5 Å². The van der Waals surface area contributed by atoms with Crippen LogP contribution in [0.1, 0.15) is 22.9 Å². The Morgan fingerprint density at radius 1 is 1.11 bits per heavy atom. The van der Waals surface area contributed by atoms with E-state index < -0.39 is 35.0 Å². The second-order valence-electron chi connectivity index (χ2n) is 10.1. The lowest BCUT2D eigenvalue weighted by atomic mass is 9.97. The third-order valence-electron chi connectivity index (χ3n) is 7.31. The van der Waals surface area contributed by atoms with Gasteiger partial charge < -0.3 is 19.6 Å². The number of fused-ring (bicyclic) bond motifs is 1. The highest BCUT2D eigenvalue weighted by Gasteiger charge is 2.67. The molecule has 6 rings (SSSR count). The molecule has 0 aliphatic carbocycles. The van der Waals surface area contributed by atoms with Gasteiger partial charge in [0.1, 0.15) is 23.9 Å². The van der Waals surface area contributed by atoms with Crippen LogP contribution < -0.4 is 5.32 Å². The summed E-state index contributed by atoms with van der Waals surface area (Å²) in [4.78, 5) is 48.0. The zero-order valence-electron chi connectivity index (χ0n) is 25.2. The maximum absolute atomic E-state index is 14.3. The quantitative estimate of drug-likeness (QED) is 0.0571. The van der Waals surface area contributed by atoms with E-state index in [-0.39, 0.29) is 22.9 Å². The molecule has 0 spiro atoms. The van der Waals surface area contributed by atoms with Crippen LogP contribution in [0.3, 0.4) is 0 Å². The van der Waals surface area contributed by atoms with Gasteiger partial charge in [0.2, 0.25) is 5.16 Å². The first-order valence-electron chi connectivity index (χ1n) is 14.0. The average Bonchev–Trinajstić information content (AvgIpc) is 3.79. The van der Waals surface area contributed by atoms with Crippen LogP contribution in [-0.4, -0.2) is 95.0 Å². The molecule has 47 heavy (non-hydrogen) atoms. The summed E-state index contributed by atoms with van der Waals surface area (Å²) in [5, 5.41) is 23.2. The van der Waals surface area contributed by atoms with Crippen LogP contribution in [0.25, 0.3) is 0 Å². The first-order chi connectivity index (χ1) is 22.9. The number of nitrogens with zero attached hydrogens (tertiary/aromatic N) is 8. The summed E-state index contributed by atoms with van der Waals surface area (Å²) in [5.41, 5.74) is 0.350. The largest absolute Gasteiger partial charge is 0.448 e. The molecule has 4 aromatic rings. The lowest BCUT2D eigenvalue weighted by molar-refractivity contribution is -0.192. The molecule has 242 valence electrons. The summed E-state index contributed by atoms with van der Waals surface area (Å²) in [6, 6.07) is 18.7. The Bertz CT molecular complexity index is 1780. The number of ether oxygens (including phenoxy) is 2. The summed E-state index contributed by atoms with van der Waals surface area (Å²) in [6.07, 6.45) is -0.759. The Hall–Kier alpha value is -4.65.